The third-order valence-corrected chi connectivity index (χ3v) is 9.90. The van der Waals surface area contributed by atoms with Crippen LogP contribution in [0.25, 0.3) is 0 Å². The molecule has 1 saturated carbocycles. The number of hydrogen-bond acceptors (Lipinski definition) is 3. The number of esters is 1. The molecule has 1 fully saturated rings. The lowest BCUT2D eigenvalue weighted by atomic mass is 9.53. The predicted octanol–water partition coefficient (Wildman–Crippen LogP) is 8.68. The van der Waals surface area contributed by atoms with Gasteiger partial charge in [0.15, 0.2) is 0 Å². The predicted molar refractivity (Wildman–Crippen MR) is 147 cm³/mol. The van der Waals surface area contributed by atoms with Crippen LogP contribution in [0.2, 0.25) is 15.1 Å². The van der Waals surface area contributed by atoms with Crippen molar-refractivity contribution >= 4 is 46.7 Å². The number of fused-ring (bicyclic) bond motifs is 3. The van der Waals surface area contributed by atoms with Crippen LogP contribution in [0, 0.1) is 11.3 Å². The van der Waals surface area contributed by atoms with E-state index in [1.165, 1.54) is 19.2 Å². The second kappa shape index (κ2) is 10.5. The fourth-order valence-electron chi connectivity index (χ4n) is 6.59. The number of hydrogen-bond donors (Lipinski definition) is 0. The molecule has 212 valence electrons. The Labute approximate surface area is 241 Å². The van der Waals surface area contributed by atoms with E-state index in [0.717, 1.165) is 12.1 Å². The van der Waals surface area contributed by atoms with Crippen LogP contribution in [0.3, 0.4) is 0 Å². The molecule has 0 aromatic heterocycles. The highest BCUT2D eigenvalue weighted by Gasteiger charge is 2.58. The van der Waals surface area contributed by atoms with Crippen molar-refractivity contribution in [3.63, 3.8) is 0 Å². The first-order valence-electron chi connectivity index (χ1n) is 12.8. The van der Waals surface area contributed by atoms with Gasteiger partial charge in [-0.1, -0.05) is 74.1 Å². The molecule has 0 spiro atoms. The van der Waals surface area contributed by atoms with E-state index >= 15 is 0 Å². The molecule has 1 heterocycles. The summed E-state index contributed by atoms with van der Waals surface area (Å²) in [6, 6.07) is 4.71. The molecule has 1 aliphatic carbocycles. The molecule has 0 unspecified atom stereocenters. The Bertz CT molecular complexity index is 1310. The molecule has 2 aliphatic rings. The zero-order valence-corrected chi connectivity index (χ0v) is 24.7. The van der Waals surface area contributed by atoms with Crippen LogP contribution >= 0.6 is 34.8 Å². The van der Waals surface area contributed by atoms with E-state index in [1.807, 2.05) is 27.7 Å². The minimum absolute atomic E-state index is 0.0217. The van der Waals surface area contributed by atoms with Gasteiger partial charge in [-0.15, -0.1) is 0 Å². The maximum absolute atomic E-state index is 14.3. The smallest absolute Gasteiger partial charge is 0.416 e. The minimum Gasteiger partial charge on any atom is -0.469 e. The van der Waals surface area contributed by atoms with Gasteiger partial charge in [-0.25, -0.2) is 0 Å². The zero-order chi connectivity index (χ0) is 29.1. The Balaban J connectivity index is 1.95. The Morgan fingerprint density at radius 2 is 1.69 bits per heavy atom. The van der Waals surface area contributed by atoms with Crippen molar-refractivity contribution in [2.45, 2.75) is 71.0 Å². The number of halogens is 6. The lowest BCUT2D eigenvalue weighted by molar-refractivity contribution is -0.161. The Morgan fingerprint density at radius 3 is 2.23 bits per heavy atom. The zero-order valence-electron chi connectivity index (χ0n) is 22.4. The second-order valence-electron chi connectivity index (χ2n) is 11.4. The number of amides is 1. The molecule has 1 amide bonds. The van der Waals surface area contributed by atoms with Gasteiger partial charge in [0.25, 0.3) is 5.91 Å². The van der Waals surface area contributed by atoms with E-state index in [1.54, 1.807) is 4.90 Å². The van der Waals surface area contributed by atoms with Crippen molar-refractivity contribution in [3.8, 4) is 0 Å². The van der Waals surface area contributed by atoms with Crippen LogP contribution in [0.4, 0.5) is 13.2 Å². The number of rotatable bonds is 4. The third-order valence-electron chi connectivity index (χ3n) is 8.64. The van der Waals surface area contributed by atoms with Gasteiger partial charge in [-0.2, -0.15) is 13.2 Å². The van der Waals surface area contributed by atoms with Crippen LogP contribution in [0.1, 0.15) is 85.5 Å². The molecule has 0 saturated heterocycles. The molecule has 10 heteroatoms. The standard InChI is InChI=1S/C29H31Cl3F3NO3/c1-15(2)19-22(30)20-21(24(32)23(19)31)27(3)11-6-12-28(4,26(38)39-5)18(27)14-36(25(20)37)13-16-7-9-17(10-8-16)29(33,34)35/h7-10,15,18H,6,11-14H2,1-5H3/t18-,27+,28-/m1/s1. The number of carbonyl (C=O) groups excluding carboxylic acids is 2. The minimum atomic E-state index is -4.47. The molecule has 2 aromatic carbocycles. The van der Waals surface area contributed by atoms with E-state index < -0.39 is 40.4 Å². The number of carbonyl (C=O) groups is 2. The van der Waals surface area contributed by atoms with Crippen molar-refractivity contribution in [1.82, 2.24) is 4.90 Å². The molecule has 3 atom stereocenters. The van der Waals surface area contributed by atoms with Crippen LogP contribution in [-0.4, -0.2) is 30.4 Å². The van der Waals surface area contributed by atoms with Crippen LogP contribution in [0.15, 0.2) is 24.3 Å². The number of benzene rings is 2. The summed E-state index contributed by atoms with van der Waals surface area (Å²) < 4.78 is 44.7. The summed E-state index contributed by atoms with van der Waals surface area (Å²) in [6.07, 6.45) is -2.62. The van der Waals surface area contributed by atoms with E-state index in [4.69, 9.17) is 39.5 Å². The Kier molecular flexibility index (Phi) is 8.05. The first-order chi connectivity index (χ1) is 18.1. The Morgan fingerprint density at radius 1 is 1.08 bits per heavy atom. The maximum Gasteiger partial charge on any atom is 0.416 e. The van der Waals surface area contributed by atoms with E-state index in [9.17, 15) is 22.8 Å². The lowest BCUT2D eigenvalue weighted by Gasteiger charge is -2.51. The summed E-state index contributed by atoms with van der Waals surface area (Å²) in [5.74, 6) is -1.36. The normalized spacial score (nSPS) is 25.3. The van der Waals surface area contributed by atoms with Crippen molar-refractivity contribution < 1.29 is 27.5 Å². The second-order valence-corrected chi connectivity index (χ2v) is 12.5. The van der Waals surface area contributed by atoms with Gasteiger partial charge in [0.05, 0.1) is 38.7 Å². The number of ether oxygens (including phenoxy) is 1. The first kappa shape index (κ1) is 30.0. The molecule has 0 radical (unpaired) electrons. The highest BCUT2D eigenvalue weighted by Crippen LogP contribution is 2.59. The van der Waals surface area contributed by atoms with Crippen molar-refractivity contribution in [1.29, 1.82) is 0 Å². The van der Waals surface area contributed by atoms with E-state index in [2.05, 4.69) is 0 Å². The molecule has 0 bridgehead atoms. The highest BCUT2D eigenvalue weighted by atomic mass is 35.5. The van der Waals surface area contributed by atoms with Crippen molar-refractivity contribution in [3.05, 3.63) is 67.2 Å². The summed E-state index contributed by atoms with van der Waals surface area (Å²) >= 11 is 20.7. The summed E-state index contributed by atoms with van der Waals surface area (Å²) in [5.41, 5.74) is -0.676. The topological polar surface area (TPSA) is 46.6 Å². The van der Waals surface area contributed by atoms with Gasteiger partial charge < -0.3 is 9.64 Å². The molecule has 4 nitrogen and oxygen atoms in total. The molecule has 39 heavy (non-hydrogen) atoms. The fourth-order valence-corrected chi connectivity index (χ4v) is 7.95. The maximum atomic E-state index is 14.3. The summed E-state index contributed by atoms with van der Waals surface area (Å²) in [6.45, 7) is 7.80. The molecular weight excluding hydrogens is 574 g/mol. The van der Waals surface area contributed by atoms with Gasteiger partial charge in [0.2, 0.25) is 0 Å². The monoisotopic (exact) mass is 603 g/mol. The van der Waals surface area contributed by atoms with Crippen LogP contribution in [-0.2, 0) is 27.7 Å². The largest absolute Gasteiger partial charge is 0.469 e. The summed E-state index contributed by atoms with van der Waals surface area (Å²) in [7, 11) is 1.34. The van der Waals surface area contributed by atoms with E-state index in [-0.39, 0.29) is 39.6 Å². The third kappa shape index (κ3) is 4.93. The van der Waals surface area contributed by atoms with Crippen LogP contribution < -0.4 is 0 Å². The Hall–Kier alpha value is -1.96. The molecule has 2 aromatic rings. The number of nitrogens with zero attached hydrogens (tertiary/aromatic N) is 1. The van der Waals surface area contributed by atoms with Gasteiger partial charge in [0, 0.05) is 24.4 Å². The average Bonchev–Trinajstić information content (AvgIpc) is 2.95. The molecular formula is C29H31Cl3F3NO3. The lowest BCUT2D eigenvalue weighted by Crippen LogP contribution is -2.54. The fraction of sp³-hybridized carbons (Fsp3) is 0.517. The van der Waals surface area contributed by atoms with Crippen molar-refractivity contribution in [2.24, 2.45) is 11.3 Å². The molecule has 1 aliphatic heterocycles. The number of methoxy groups -OCH3 is 1. The van der Waals surface area contributed by atoms with Gasteiger partial charge >= 0.3 is 12.1 Å². The van der Waals surface area contributed by atoms with Gasteiger partial charge in [-0.05, 0) is 54.5 Å². The average molecular weight is 605 g/mol. The number of alkyl halides is 3. The van der Waals surface area contributed by atoms with Crippen molar-refractivity contribution in [2.75, 3.05) is 13.7 Å². The van der Waals surface area contributed by atoms with E-state index in [0.29, 0.717) is 36.0 Å². The first-order valence-corrected chi connectivity index (χ1v) is 14.0. The highest BCUT2D eigenvalue weighted by molar-refractivity contribution is 6.46. The quantitative estimate of drug-likeness (QED) is 0.259. The summed E-state index contributed by atoms with van der Waals surface area (Å²) in [4.78, 5) is 29.1. The van der Waals surface area contributed by atoms with Gasteiger partial charge in [0.1, 0.15) is 0 Å². The molecule has 0 N–H and O–H groups in total. The molecule has 4 rings (SSSR count). The van der Waals surface area contributed by atoms with Gasteiger partial charge in [-0.3, -0.25) is 9.59 Å². The summed E-state index contributed by atoms with van der Waals surface area (Å²) in [5, 5.41) is 0.736. The van der Waals surface area contributed by atoms with Crippen LogP contribution in [0.5, 0.6) is 0 Å². The SMILES string of the molecule is COC(=O)[C@]1(C)CCC[C@]2(C)c3c(Cl)c(Cl)c(C(C)C)c(Cl)c3C(=O)N(Cc3ccc(C(F)(F)F)cc3)C[C@@H]12.